The molecule has 1 amide bonds. The zero-order chi connectivity index (χ0) is 17.7. The van der Waals surface area contributed by atoms with Crippen molar-refractivity contribution in [3.8, 4) is 0 Å². The molecular weight excluding hydrogens is 349 g/mol. The molecule has 1 atom stereocenters. The molecule has 0 saturated heterocycles. The molecule has 0 aliphatic rings. The largest absolute Gasteiger partial charge is 0.452 e. The summed E-state index contributed by atoms with van der Waals surface area (Å²) < 4.78 is 5.05. The summed E-state index contributed by atoms with van der Waals surface area (Å²) >= 11 is 12.0. The maximum absolute atomic E-state index is 12.0. The Bertz CT molecular complexity index is 762. The highest BCUT2D eigenvalue weighted by Crippen LogP contribution is 2.26. The van der Waals surface area contributed by atoms with Crippen molar-refractivity contribution < 1.29 is 14.3 Å². The fourth-order valence-electron chi connectivity index (χ4n) is 2.22. The fourth-order valence-corrected chi connectivity index (χ4v) is 2.80. The van der Waals surface area contributed by atoms with Crippen molar-refractivity contribution in [1.82, 2.24) is 5.32 Å². The van der Waals surface area contributed by atoms with E-state index in [1.54, 1.807) is 50.2 Å². The predicted octanol–water partition coefficient (Wildman–Crippen LogP) is 4.34. The van der Waals surface area contributed by atoms with Crippen LogP contribution in [0.1, 0.15) is 34.5 Å². The molecule has 1 N–H and O–H groups in total. The maximum atomic E-state index is 12.0. The van der Waals surface area contributed by atoms with Crippen LogP contribution in [0.5, 0.6) is 0 Å². The summed E-state index contributed by atoms with van der Waals surface area (Å²) in [6, 6.07) is 11.8. The molecule has 4 nitrogen and oxygen atoms in total. The first-order chi connectivity index (χ1) is 11.4. The molecule has 0 saturated carbocycles. The van der Waals surface area contributed by atoms with E-state index < -0.39 is 11.9 Å². The zero-order valence-corrected chi connectivity index (χ0v) is 14.8. The Kier molecular flexibility index (Phi) is 6.23. The van der Waals surface area contributed by atoms with Crippen LogP contribution in [0.2, 0.25) is 10.0 Å². The van der Waals surface area contributed by atoms with Crippen LogP contribution in [0, 0.1) is 6.92 Å². The lowest BCUT2D eigenvalue weighted by Crippen LogP contribution is -2.31. The van der Waals surface area contributed by atoms with Crippen LogP contribution >= 0.6 is 23.2 Å². The van der Waals surface area contributed by atoms with Crippen molar-refractivity contribution in [1.29, 1.82) is 0 Å². The van der Waals surface area contributed by atoms with Gasteiger partial charge in [-0.2, -0.15) is 0 Å². The van der Waals surface area contributed by atoms with Crippen LogP contribution in [0.15, 0.2) is 42.5 Å². The summed E-state index contributed by atoms with van der Waals surface area (Å²) in [5.41, 5.74) is 1.97. The van der Waals surface area contributed by atoms with E-state index >= 15 is 0 Å². The molecule has 126 valence electrons. The van der Waals surface area contributed by atoms with Gasteiger partial charge in [-0.25, -0.2) is 4.79 Å². The Morgan fingerprint density at radius 3 is 2.54 bits per heavy atom. The number of benzene rings is 2. The number of halogens is 2. The van der Waals surface area contributed by atoms with Crippen molar-refractivity contribution >= 4 is 35.1 Å². The quantitative estimate of drug-likeness (QED) is 0.801. The van der Waals surface area contributed by atoms with Crippen molar-refractivity contribution in [2.45, 2.75) is 19.9 Å². The summed E-state index contributed by atoms with van der Waals surface area (Å²) in [5, 5.41) is 3.72. The van der Waals surface area contributed by atoms with Gasteiger partial charge in [-0.3, -0.25) is 4.79 Å². The number of amides is 1. The van der Waals surface area contributed by atoms with Crippen molar-refractivity contribution in [3.63, 3.8) is 0 Å². The molecular formula is C18H17Cl2NO3. The Morgan fingerprint density at radius 1 is 1.17 bits per heavy atom. The van der Waals surface area contributed by atoms with Crippen molar-refractivity contribution in [3.05, 3.63) is 69.2 Å². The number of carbonyl (C=O) groups is 2. The van der Waals surface area contributed by atoms with Crippen LogP contribution in [-0.2, 0) is 9.53 Å². The first kappa shape index (κ1) is 18.3. The minimum atomic E-state index is -0.527. The molecule has 0 spiro atoms. The molecule has 0 bridgehead atoms. The molecule has 2 rings (SSSR count). The van der Waals surface area contributed by atoms with E-state index in [-0.39, 0.29) is 12.6 Å². The average molecular weight is 366 g/mol. The van der Waals surface area contributed by atoms with Crippen LogP contribution in [0.3, 0.4) is 0 Å². The zero-order valence-electron chi connectivity index (χ0n) is 13.3. The molecule has 0 fully saturated rings. The Morgan fingerprint density at radius 2 is 1.88 bits per heavy atom. The third kappa shape index (κ3) is 4.73. The highest BCUT2D eigenvalue weighted by atomic mass is 35.5. The summed E-state index contributed by atoms with van der Waals surface area (Å²) in [5.74, 6) is -0.934. The number of hydrogen-bond donors (Lipinski definition) is 1. The van der Waals surface area contributed by atoms with E-state index in [1.165, 1.54) is 0 Å². The lowest BCUT2D eigenvalue weighted by Gasteiger charge is -2.16. The Hall–Kier alpha value is -2.04. The standard InChI is InChI=1S/C18H17Cl2NO3/c1-11-5-3-4-6-14(11)18(23)24-10-17(22)21-12(2)15-8-7-13(19)9-16(15)20/h3-9,12H,10H2,1-2H3,(H,21,22). The second kappa shape index (κ2) is 8.18. The summed E-state index contributed by atoms with van der Waals surface area (Å²) in [7, 11) is 0. The summed E-state index contributed by atoms with van der Waals surface area (Å²) in [6.07, 6.45) is 0. The number of esters is 1. The van der Waals surface area contributed by atoms with Crippen LogP contribution < -0.4 is 5.32 Å². The van der Waals surface area contributed by atoms with Crippen LogP contribution in [0.25, 0.3) is 0 Å². The van der Waals surface area contributed by atoms with Gasteiger partial charge in [0.15, 0.2) is 6.61 Å². The van der Waals surface area contributed by atoms with Gasteiger partial charge in [0.25, 0.3) is 5.91 Å². The minimum Gasteiger partial charge on any atom is -0.452 e. The number of aryl methyl sites for hydroxylation is 1. The van der Waals surface area contributed by atoms with E-state index in [2.05, 4.69) is 5.32 Å². The number of rotatable bonds is 5. The highest BCUT2D eigenvalue weighted by Gasteiger charge is 2.16. The lowest BCUT2D eigenvalue weighted by atomic mass is 10.1. The molecule has 24 heavy (non-hydrogen) atoms. The number of ether oxygens (including phenoxy) is 1. The molecule has 1 unspecified atom stereocenters. The fraction of sp³-hybridized carbons (Fsp3) is 0.222. The second-order valence-electron chi connectivity index (χ2n) is 5.35. The van der Waals surface area contributed by atoms with Gasteiger partial charge in [-0.15, -0.1) is 0 Å². The molecule has 0 aliphatic heterocycles. The van der Waals surface area contributed by atoms with E-state index in [0.29, 0.717) is 15.6 Å². The predicted molar refractivity (Wildman–Crippen MR) is 94.5 cm³/mol. The Labute approximate surface area is 150 Å². The maximum Gasteiger partial charge on any atom is 0.338 e. The van der Waals surface area contributed by atoms with E-state index in [1.807, 2.05) is 6.07 Å². The molecule has 0 aromatic heterocycles. The third-order valence-electron chi connectivity index (χ3n) is 3.51. The Balaban J connectivity index is 1.91. The average Bonchev–Trinajstić information content (AvgIpc) is 2.52. The van der Waals surface area contributed by atoms with Gasteiger partial charge in [-0.1, -0.05) is 47.5 Å². The molecule has 0 aliphatic carbocycles. The second-order valence-corrected chi connectivity index (χ2v) is 6.19. The monoisotopic (exact) mass is 365 g/mol. The molecule has 2 aromatic carbocycles. The lowest BCUT2D eigenvalue weighted by molar-refractivity contribution is -0.124. The molecule has 0 heterocycles. The number of hydrogen-bond acceptors (Lipinski definition) is 3. The summed E-state index contributed by atoms with van der Waals surface area (Å²) in [6.45, 7) is 3.24. The van der Waals surface area contributed by atoms with Crippen molar-refractivity contribution in [2.24, 2.45) is 0 Å². The van der Waals surface area contributed by atoms with E-state index in [9.17, 15) is 9.59 Å². The highest BCUT2D eigenvalue weighted by molar-refractivity contribution is 6.35. The molecule has 0 radical (unpaired) electrons. The van der Waals surface area contributed by atoms with Gasteiger partial charge >= 0.3 is 5.97 Å². The number of carbonyl (C=O) groups excluding carboxylic acids is 2. The van der Waals surface area contributed by atoms with Gasteiger partial charge in [-0.05, 0) is 43.2 Å². The van der Waals surface area contributed by atoms with Gasteiger partial charge in [0, 0.05) is 10.0 Å². The molecule has 2 aromatic rings. The topological polar surface area (TPSA) is 55.4 Å². The first-order valence-corrected chi connectivity index (χ1v) is 8.11. The smallest absolute Gasteiger partial charge is 0.338 e. The van der Waals surface area contributed by atoms with Crippen LogP contribution in [-0.4, -0.2) is 18.5 Å². The van der Waals surface area contributed by atoms with E-state index in [4.69, 9.17) is 27.9 Å². The normalized spacial score (nSPS) is 11.7. The van der Waals surface area contributed by atoms with Gasteiger partial charge in [0.1, 0.15) is 0 Å². The third-order valence-corrected chi connectivity index (χ3v) is 4.07. The first-order valence-electron chi connectivity index (χ1n) is 7.35. The van der Waals surface area contributed by atoms with Gasteiger partial charge in [0.2, 0.25) is 0 Å². The van der Waals surface area contributed by atoms with Crippen molar-refractivity contribution in [2.75, 3.05) is 6.61 Å². The SMILES string of the molecule is Cc1ccccc1C(=O)OCC(=O)NC(C)c1ccc(Cl)cc1Cl. The minimum absolute atomic E-state index is 0.334. The van der Waals surface area contributed by atoms with Crippen LogP contribution in [0.4, 0.5) is 0 Å². The van der Waals surface area contributed by atoms with Gasteiger partial charge < -0.3 is 10.1 Å². The molecule has 6 heteroatoms. The summed E-state index contributed by atoms with van der Waals surface area (Å²) in [4.78, 5) is 23.9. The van der Waals surface area contributed by atoms with E-state index in [0.717, 1.165) is 11.1 Å². The number of nitrogens with one attached hydrogen (secondary N) is 1. The van der Waals surface area contributed by atoms with Gasteiger partial charge in [0.05, 0.1) is 11.6 Å².